The predicted octanol–water partition coefficient (Wildman–Crippen LogP) is 2.06. The second kappa shape index (κ2) is 5.96. The van der Waals surface area contributed by atoms with Gasteiger partial charge in [-0.25, -0.2) is 0 Å². The number of benzene rings is 2. The van der Waals surface area contributed by atoms with Crippen molar-refractivity contribution < 1.29 is 20.0 Å². The maximum absolute atomic E-state index is 12.5. The normalized spacial score (nSPS) is 10.6. The van der Waals surface area contributed by atoms with Gasteiger partial charge in [-0.15, -0.1) is 0 Å². The molecule has 25 heavy (non-hydrogen) atoms. The van der Waals surface area contributed by atoms with Crippen molar-refractivity contribution in [1.82, 2.24) is 4.73 Å². The number of carbonyl (C=O) groups is 1. The van der Waals surface area contributed by atoms with E-state index in [1.165, 1.54) is 0 Å². The van der Waals surface area contributed by atoms with Crippen LogP contribution in [-0.4, -0.2) is 25.9 Å². The molecule has 0 aromatic heterocycles. The standard InChI is InChI=1S/C16H11N3O6/c20-13-7-11-9(6-12(13)19(24)25)8-18(23)16(22)14(11)15(21)17-10-4-2-1-3-5-10/h1-8,22-23H,(H,17,21). The number of rotatable bonds is 3. The van der Waals surface area contributed by atoms with Gasteiger partial charge in [0.1, 0.15) is 5.56 Å². The van der Waals surface area contributed by atoms with Crippen LogP contribution in [0.1, 0.15) is 10.4 Å². The van der Waals surface area contributed by atoms with Crippen LogP contribution in [0.4, 0.5) is 11.4 Å². The maximum Gasteiger partial charge on any atom is 0.316 e. The summed E-state index contributed by atoms with van der Waals surface area (Å²) in [6, 6.07) is 10.1. The third-order valence-electron chi connectivity index (χ3n) is 3.56. The van der Waals surface area contributed by atoms with Gasteiger partial charge < -0.3 is 15.6 Å². The zero-order chi connectivity index (χ0) is 18.1. The zero-order valence-electron chi connectivity index (χ0n) is 12.5. The largest absolute Gasteiger partial charge is 0.492 e. The first kappa shape index (κ1) is 16.0. The molecule has 1 amide bonds. The van der Waals surface area contributed by atoms with Crippen molar-refractivity contribution in [2.75, 3.05) is 5.32 Å². The molecule has 3 rings (SSSR count). The molecule has 1 aliphatic heterocycles. The summed E-state index contributed by atoms with van der Waals surface area (Å²) in [6.45, 7) is 0. The second-order valence-corrected chi connectivity index (χ2v) is 5.16. The molecular formula is C16H11N3O6. The van der Waals surface area contributed by atoms with Crippen molar-refractivity contribution >= 4 is 17.3 Å². The third-order valence-corrected chi connectivity index (χ3v) is 3.56. The van der Waals surface area contributed by atoms with Gasteiger partial charge in [-0.2, -0.15) is 4.73 Å². The van der Waals surface area contributed by atoms with E-state index in [-0.39, 0.29) is 21.4 Å². The summed E-state index contributed by atoms with van der Waals surface area (Å²) in [5, 5.41) is 33.2. The molecule has 3 N–H and O–H groups in total. The summed E-state index contributed by atoms with van der Waals surface area (Å²) in [6.07, 6.45) is 0.969. The van der Waals surface area contributed by atoms with Crippen molar-refractivity contribution in [3.05, 3.63) is 74.6 Å². The number of nitrogens with one attached hydrogen (secondary N) is 1. The number of amides is 1. The Morgan fingerprint density at radius 1 is 1.20 bits per heavy atom. The highest BCUT2D eigenvalue weighted by Crippen LogP contribution is 2.33. The quantitative estimate of drug-likeness (QED) is 0.379. The number of hydrogen-bond acceptors (Lipinski definition) is 6. The van der Waals surface area contributed by atoms with Gasteiger partial charge in [-0.3, -0.25) is 19.7 Å². The molecule has 0 spiro atoms. The summed E-state index contributed by atoms with van der Waals surface area (Å²) in [5.41, 5.74) is -1.54. The average Bonchev–Trinajstić information content (AvgIpc) is 2.56. The number of aromatic hydroxyl groups is 1. The highest BCUT2D eigenvalue weighted by Gasteiger charge is 2.26. The predicted molar refractivity (Wildman–Crippen MR) is 87.2 cm³/mol. The van der Waals surface area contributed by atoms with E-state index in [0.717, 1.165) is 18.3 Å². The van der Waals surface area contributed by atoms with Gasteiger partial charge >= 0.3 is 5.69 Å². The van der Waals surface area contributed by atoms with E-state index in [1.807, 2.05) is 0 Å². The smallest absolute Gasteiger partial charge is 0.316 e. The van der Waals surface area contributed by atoms with E-state index >= 15 is 0 Å². The topological polar surface area (TPSA) is 135 Å². The molecule has 9 heteroatoms. The Morgan fingerprint density at radius 2 is 1.88 bits per heavy atom. The average molecular weight is 341 g/mol. The van der Waals surface area contributed by atoms with E-state index in [1.54, 1.807) is 30.3 Å². The minimum absolute atomic E-state index is 0.0215. The van der Waals surface area contributed by atoms with Crippen LogP contribution in [0.3, 0.4) is 0 Å². The van der Waals surface area contributed by atoms with Crippen LogP contribution in [-0.2, 0) is 0 Å². The number of nitro benzene ring substituents is 1. The first-order chi connectivity index (χ1) is 11.9. The molecule has 2 aliphatic rings. The fourth-order valence-corrected chi connectivity index (χ4v) is 2.42. The summed E-state index contributed by atoms with van der Waals surface area (Å²) in [4.78, 5) is 34.4. The van der Waals surface area contributed by atoms with Gasteiger partial charge in [-0.1, -0.05) is 18.2 Å². The number of para-hydroxylation sites is 1. The number of fused-ring (bicyclic) bond motifs is 1. The van der Waals surface area contributed by atoms with E-state index in [9.17, 15) is 30.0 Å². The molecule has 0 radical (unpaired) electrons. The Morgan fingerprint density at radius 3 is 2.52 bits per heavy atom. The molecule has 1 heterocycles. The van der Waals surface area contributed by atoms with Crippen molar-refractivity contribution in [3.8, 4) is 17.0 Å². The van der Waals surface area contributed by atoms with Crippen LogP contribution in [0.25, 0.3) is 11.1 Å². The molecule has 9 nitrogen and oxygen atoms in total. The molecule has 0 bridgehead atoms. The molecule has 0 saturated carbocycles. The van der Waals surface area contributed by atoms with E-state index in [4.69, 9.17) is 0 Å². The third kappa shape index (κ3) is 2.85. The monoisotopic (exact) mass is 341 g/mol. The maximum atomic E-state index is 12.5. The first-order valence-corrected chi connectivity index (χ1v) is 7.01. The molecule has 1 aromatic rings. The molecule has 1 aliphatic carbocycles. The number of non-ortho nitro benzene ring substituents is 1. The van der Waals surface area contributed by atoms with Gasteiger partial charge in [0.25, 0.3) is 11.3 Å². The van der Waals surface area contributed by atoms with Gasteiger partial charge in [0, 0.05) is 28.9 Å². The number of pyridine rings is 1. The zero-order valence-corrected chi connectivity index (χ0v) is 12.5. The van der Waals surface area contributed by atoms with Crippen molar-refractivity contribution in [2.24, 2.45) is 0 Å². The number of hydrogen-bond donors (Lipinski definition) is 3. The molecule has 0 saturated heterocycles. The van der Waals surface area contributed by atoms with Crippen LogP contribution < -0.4 is 10.7 Å². The minimum Gasteiger partial charge on any atom is -0.492 e. The lowest BCUT2D eigenvalue weighted by atomic mass is 9.98. The van der Waals surface area contributed by atoms with Crippen LogP contribution in [0.2, 0.25) is 0 Å². The van der Waals surface area contributed by atoms with Crippen LogP contribution in [0.15, 0.2) is 53.5 Å². The lowest BCUT2D eigenvalue weighted by Gasteiger charge is -2.15. The summed E-state index contributed by atoms with van der Waals surface area (Å²) in [7, 11) is 0. The highest BCUT2D eigenvalue weighted by atomic mass is 16.6. The van der Waals surface area contributed by atoms with Gasteiger partial charge in [0.2, 0.25) is 5.88 Å². The molecule has 126 valence electrons. The molecule has 0 unspecified atom stereocenters. The Labute approximate surface area is 139 Å². The van der Waals surface area contributed by atoms with Crippen LogP contribution >= 0.6 is 0 Å². The molecule has 0 fully saturated rings. The Hall–Kier alpha value is -3.88. The van der Waals surface area contributed by atoms with Gasteiger partial charge in [0.15, 0.2) is 0 Å². The lowest BCUT2D eigenvalue weighted by Crippen LogP contribution is -2.18. The van der Waals surface area contributed by atoms with E-state index in [2.05, 4.69) is 5.32 Å². The first-order valence-electron chi connectivity index (χ1n) is 7.01. The second-order valence-electron chi connectivity index (χ2n) is 5.16. The highest BCUT2D eigenvalue weighted by molar-refractivity contribution is 6.10. The lowest BCUT2D eigenvalue weighted by molar-refractivity contribution is -0.385. The number of nitrogens with zero attached hydrogens (tertiary/aromatic N) is 2. The minimum atomic E-state index is -0.915. The van der Waals surface area contributed by atoms with Crippen molar-refractivity contribution in [2.45, 2.75) is 0 Å². The van der Waals surface area contributed by atoms with E-state index < -0.39 is 27.8 Å². The summed E-state index contributed by atoms with van der Waals surface area (Å²) in [5.74, 6) is -1.58. The van der Waals surface area contributed by atoms with Crippen LogP contribution in [0, 0.1) is 10.1 Å². The summed E-state index contributed by atoms with van der Waals surface area (Å²) >= 11 is 0. The van der Waals surface area contributed by atoms with Gasteiger partial charge in [0.05, 0.1) is 11.1 Å². The van der Waals surface area contributed by atoms with Crippen molar-refractivity contribution in [3.63, 3.8) is 0 Å². The Kier molecular flexibility index (Phi) is 3.82. The number of carbonyl (C=O) groups excluding carboxylic acids is 1. The molecule has 0 atom stereocenters. The van der Waals surface area contributed by atoms with Crippen LogP contribution in [0.5, 0.6) is 5.88 Å². The Bertz CT molecular complexity index is 1010. The SMILES string of the molecule is O=C(Nc1ccccc1)c1c2cc(=O)c([N+](=O)[O-])cc-2cn(O)c1O. The number of nitro groups is 1. The molecule has 1 aromatic carbocycles. The van der Waals surface area contributed by atoms with E-state index in [0.29, 0.717) is 5.69 Å². The molecular weight excluding hydrogens is 330 g/mol. The Balaban J connectivity index is 2.18. The number of anilines is 1. The summed E-state index contributed by atoms with van der Waals surface area (Å²) < 4.78 is 0.260. The van der Waals surface area contributed by atoms with Crippen molar-refractivity contribution in [1.29, 1.82) is 0 Å². The number of aromatic nitrogens is 1. The van der Waals surface area contributed by atoms with Gasteiger partial charge in [-0.05, 0) is 12.1 Å². The fraction of sp³-hybridized carbons (Fsp3) is 0. The fourth-order valence-electron chi connectivity index (χ4n) is 2.42.